The normalized spacial score (nSPS) is 11.4. The molecule has 0 saturated heterocycles. The zero-order valence-corrected chi connectivity index (χ0v) is 13.7. The summed E-state index contributed by atoms with van der Waals surface area (Å²) >= 11 is 3.23. The molecule has 112 valence electrons. The first-order valence-corrected chi connectivity index (χ1v) is 8.19. The van der Waals surface area contributed by atoms with E-state index >= 15 is 0 Å². The molecule has 0 radical (unpaired) electrons. The van der Waals surface area contributed by atoms with Crippen LogP contribution in [0.3, 0.4) is 0 Å². The van der Waals surface area contributed by atoms with E-state index in [0.717, 1.165) is 12.1 Å². The van der Waals surface area contributed by atoms with Gasteiger partial charge in [-0.1, -0.05) is 0 Å². The fourth-order valence-electron chi connectivity index (χ4n) is 1.70. The SMILES string of the molecule is Cc1cc(F)c(S(=O)(=O)Nc2ncc(Br)cc2C)cc1N. The van der Waals surface area contributed by atoms with Gasteiger partial charge >= 0.3 is 0 Å². The maximum absolute atomic E-state index is 13.9. The molecular formula is C13H13BrFN3O2S. The summed E-state index contributed by atoms with van der Waals surface area (Å²) < 4.78 is 41.4. The average Bonchev–Trinajstić information content (AvgIpc) is 2.37. The number of aryl methyl sites for hydroxylation is 2. The van der Waals surface area contributed by atoms with E-state index in [1.807, 2.05) is 0 Å². The van der Waals surface area contributed by atoms with Gasteiger partial charge in [0.25, 0.3) is 10.0 Å². The van der Waals surface area contributed by atoms with E-state index in [0.29, 0.717) is 15.6 Å². The van der Waals surface area contributed by atoms with E-state index in [4.69, 9.17) is 5.73 Å². The quantitative estimate of drug-likeness (QED) is 0.809. The minimum Gasteiger partial charge on any atom is -0.398 e. The number of rotatable bonds is 3. The number of pyridine rings is 1. The third-order valence-corrected chi connectivity index (χ3v) is 4.67. The van der Waals surface area contributed by atoms with Crippen molar-refractivity contribution in [2.24, 2.45) is 0 Å². The van der Waals surface area contributed by atoms with Gasteiger partial charge in [-0.25, -0.2) is 17.8 Å². The van der Waals surface area contributed by atoms with Crippen LogP contribution in [0, 0.1) is 19.7 Å². The minimum absolute atomic E-state index is 0.136. The number of nitrogens with zero attached hydrogens (tertiary/aromatic N) is 1. The Morgan fingerprint density at radius 1 is 1.24 bits per heavy atom. The van der Waals surface area contributed by atoms with Crippen LogP contribution in [0.2, 0.25) is 0 Å². The van der Waals surface area contributed by atoms with Gasteiger partial charge in [0.2, 0.25) is 0 Å². The molecule has 0 saturated carbocycles. The maximum atomic E-state index is 13.9. The third kappa shape index (κ3) is 3.33. The van der Waals surface area contributed by atoms with Crippen molar-refractivity contribution in [2.75, 3.05) is 10.5 Å². The lowest BCUT2D eigenvalue weighted by atomic mass is 10.2. The molecule has 0 aliphatic rings. The van der Waals surface area contributed by atoms with Crippen LogP contribution in [0.5, 0.6) is 0 Å². The number of sulfonamides is 1. The molecule has 0 fully saturated rings. The van der Waals surface area contributed by atoms with Crippen LogP contribution in [0.25, 0.3) is 0 Å². The van der Waals surface area contributed by atoms with Gasteiger partial charge in [-0.05, 0) is 59.1 Å². The fraction of sp³-hybridized carbons (Fsp3) is 0.154. The standard InChI is InChI=1S/C13H13BrFN3O2S/c1-7-4-10(15)12(5-11(7)16)21(19,20)18-13-8(2)3-9(14)6-17-13/h3-6H,16H2,1-2H3,(H,17,18). The molecule has 0 amide bonds. The molecular weight excluding hydrogens is 361 g/mol. The van der Waals surface area contributed by atoms with Crippen molar-refractivity contribution in [3.8, 4) is 0 Å². The number of hydrogen-bond acceptors (Lipinski definition) is 4. The van der Waals surface area contributed by atoms with Gasteiger partial charge in [0, 0.05) is 16.4 Å². The first kappa shape index (κ1) is 15.7. The summed E-state index contributed by atoms with van der Waals surface area (Å²) in [5.74, 6) is -0.722. The van der Waals surface area contributed by atoms with Gasteiger partial charge < -0.3 is 5.73 Å². The van der Waals surface area contributed by atoms with Gasteiger partial charge in [-0.2, -0.15) is 0 Å². The number of benzene rings is 1. The number of anilines is 2. The molecule has 2 aromatic rings. The van der Waals surface area contributed by atoms with E-state index in [2.05, 4.69) is 25.6 Å². The Morgan fingerprint density at radius 2 is 1.90 bits per heavy atom. The van der Waals surface area contributed by atoms with Gasteiger partial charge in [0.15, 0.2) is 0 Å². The molecule has 0 aliphatic heterocycles. The molecule has 2 rings (SSSR count). The molecule has 3 N–H and O–H groups in total. The predicted octanol–water partition coefficient (Wildman–Crippen LogP) is 2.98. The second-order valence-electron chi connectivity index (χ2n) is 4.56. The minimum atomic E-state index is -4.10. The van der Waals surface area contributed by atoms with Crippen LogP contribution in [0.1, 0.15) is 11.1 Å². The van der Waals surface area contributed by atoms with Crippen molar-refractivity contribution in [1.82, 2.24) is 4.98 Å². The van der Waals surface area contributed by atoms with Crippen LogP contribution in [-0.4, -0.2) is 13.4 Å². The Hall–Kier alpha value is -1.67. The summed E-state index contributed by atoms with van der Waals surface area (Å²) in [6.45, 7) is 3.29. The van der Waals surface area contributed by atoms with Crippen molar-refractivity contribution in [3.05, 3.63) is 45.8 Å². The number of hydrogen-bond donors (Lipinski definition) is 2. The molecule has 0 aliphatic carbocycles. The van der Waals surface area contributed by atoms with E-state index in [1.54, 1.807) is 19.9 Å². The Labute approximate surface area is 130 Å². The Kier molecular flexibility index (Phi) is 4.20. The van der Waals surface area contributed by atoms with E-state index in [1.165, 1.54) is 6.20 Å². The van der Waals surface area contributed by atoms with Crippen LogP contribution in [-0.2, 0) is 10.0 Å². The van der Waals surface area contributed by atoms with Gasteiger partial charge in [-0.3, -0.25) is 4.72 Å². The highest BCUT2D eigenvalue weighted by atomic mass is 79.9. The summed E-state index contributed by atoms with van der Waals surface area (Å²) in [7, 11) is -4.10. The predicted molar refractivity (Wildman–Crippen MR) is 83.0 cm³/mol. The Morgan fingerprint density at radius 3 is 2.52 bits per heavy atom. The molecule has 0 spiro atoms. The number of aromatic nitrogens is 1. The molecule has 1 heterocycles. The van der Waals surface area contributed by atoms with Crippen LogP contribution in [0.15, 0.2) is 33.8 Å². The van der Waals surface area contributed by atoms with Crippen molar-refractivity contribution in [3.63, 3.8) is 0 Å². The first-order chi connectivity index (χ1) is 9.70. The van der Waals surface area contributed by atoms with Crippen molar-refractivity contribution >= 4 is 37.5 Å². The summed E-state index contributed by atoms with van der Waals surface area (Å²) in [4.78, 5) is 3.46. The second-order valence-corrected chi connectivity index (χ2v) is 7.13. The molecule has 1 aromatic carbocycles. The smallest absolute Gasteiger partial charge is 0.266 e. The lowest BCUT2D eigenvalue weighted by Gasteiger charge is -2.12. The average molecular weight is 374 g/mol. The van der Waals surface area contributed by atoms with Crippen LogP contribution in [0.4, 0.5) is 15.9 Å². The number of nitrogens with one attached hydrogen (secondary N) is 1. The Balaban J connectivity index is 2.46. The first-order valence-electron chi connectivity index (χ1n) is 5.91. The number of nitrogen functional groups attached to an aromatic ring is 1. The zero-order valence-electron chi connectivity index (χ0n) is 11.3. The molecule has 0 unspecified atom stereocenters. The molecule has 8 heteroatoms. The molecule has 0 bridgehead atoms. The summed E-state index contributed by atoms with van der Waals surface area (Å²) in [5.41, 5.74) is 6.94. The van der Waals surface area contributed by atoms with Gasteiger partial charge in [0.1, 0.15) is 16.5 Å². The highest BCUT2D eigenvalue weighted by Crippen LogP contribution is 2.25. The molecule has 0 atom stereocenters. The highest BCUT2D eigenvalue weighted by Gasteiger charge is 2.21. The van der Waals surface area contributed by atoms with Crippen molar-refractivity contribution in [1.29, 1.82) is 0 Å². The van der Waals surface area contributed by atoms with Crippen LogP contribution >= 0.6 is 15.9 Å². The van der Waals surface area contributed by atoms with E-state index in [-0.39, 0.29) is 11.5 Å². The lowest BCUT2D eigenvalue weighted by molar-refractivity contribution is 0.570. The topological polar surface area (TPSA) is 85.1 Å². The monoisotopic (exact) mass is 373 g/mol. The number of halogens is 2. The zero-order chi connectivity index (χ0) is 15.8. The molecule has 21 heavy (non-hydrogen) atoms. The number of nitrogens with two attached hydrogens (primary N) is 1. The summed E-state index contributed by atoms with van der Waals surface area (Å²) in [5, 5.41) is 0. The summed E-state index contributed by atoms with van der Waals surface area (Å²) in [6, 6.07) is 3.89. The van der Waals surface area contributed by atoms with E-state index in [9.17, 15) is 12.8 Å². The second kappa shape index (κ2) is 5.61. The third-order valence-electron chi connectivity index (χ3n) is 2.89. The highest BCUT2D eigenvalue weighted by molar-refractivity contribution is 9.10. The molecule has 1 aromatic heterocycles. The van der Waals surface area contributed by atoms with E-state index < -0.39 is 20.7 Å². The van der Waals surface area contributed by atoms with Crippen molar-refractivity contribution in [2.45, 2.75) is 18.7 Å². The van der Waals surface area contributed by atoms with Gasteiger partial charge in [-0.15, -0.1) is 0 Å². The molecule has 5 nitrogen and oxygen atoms in total. The maximum Gasteiger partial charge on any atom is 0.266 e. The fourth-order valence-corrected chi connectivity index (χ4v) is 3.33. The largest absolute Gasteiger partial charge is 0.398 e. The van der Waals surface area contributed by atoms with Gasteiger partial charge in [0.05, 0.1) is 0 Å². The summed E-state index contributed by atoms with van der Waals surface area (Å²) in [6.07, 6.45) is 1.45. The van der Waals surface area contributed by atoms with Crippen LogP contribution < -0.4 is 10.5 Å². The Bertz CT molecular complexity index is 809. The lowest BCUT2D eigenvalue weighted by Crippen LogP contribution is -2.17. The van der Waals surface area contributed by atoms with Crippen molar-refractivity contribution < 1.29 is 12.8 Å².